The molecule has 0 heterocycles. The summed E-state index contributed by atoms with van der Waals surface area (Å²) in [5, 5.41) is 0. The molecule has 0 bridgehead atoms. The Bertz CT molecular complexity index is 53.8. The molecule has 0 radical (unpaired) electrons. The molecule has 0 amide bonds. The molecular formula is C10H22. The van der Waals surface area contributed by atoms with Crippen LogP contribution in [0.15, 0.2) is 0 Å². The van der Waals surface area contributed by atoms with Gasteiger partial charge in [-0.05, 0) is 17.8 Å². The molecule has 0 aromatic heterocycles. The third-order valence-electron chi connectivity index (χ3n) is 2.85. The Kier molecular flexibility index (Phi) is 4.76. The maximum Gasteiger partial charge on any atom is -0.0386 e. The zero-order valence-corrected chi connectivity index (χ0v) is 8.15. The minimum Gasteiger partial charge on any atom is -0.0654 e. The van der Waals surface area contributed by atoms with Gasteiger partial charge in [-0.25, -0.2) is 0 Å². The van der Waals surface area contributed by atoms with Crippen molar-refractivity contribution >= 4 is 0 Å². The van der Waals surface area contributed by atoms with Gasteiger partial charge in [0.15, 0.2) is 0 Å². The first-order valence-electron chi connectivity index (χ1n) is 4.65. The van der Waals surface area contributed by atoms with Gasteiger partial charge in [-0.2, -0.15) is 0 Å². The molecule has 0 unspecified atom stereocenters. The van der Waals surface area contributed by atoms with Crippen LogP contribution < -0.4 is 0 Å². The molecule has 0 aliphatic heterocycles. The van der Waals surface area contributed by atoms with Gasteiger partial charge >= 0.3 is 0 Å². The Labute approximate surface area is 66.0 Å². The predicted octanol–water partition coefficient (Wildman–Crippen LogP) is 3.71. The smallest absolute Gasteiger partial charge is 0.0386 e. The van der Waals surface area contributed by atoms with E-state index in [1.807, 2.05) is 0 Å². The fourth-order valence-corrected chi connectivity index (χ4v) is 0.911. The van der Waals surface area contributed by atoms with Crippen LogP contribution in [0.2, 0.25) is 0 Å². The van der Waals surface area contributed by atoms with Crippen LogP contribution in [0.5, 0.6) is 0 Å². The highest BCUT2D eigenvalue weighted by molar-refractivity contribution is 4.86. The third kappa shape index (κ3) is 3.24. The number of rotatable bonds is 1. The molecule has 0 saturated heterocycles. The zero-order chi connectivity index (χ0) is 8.15. The number of hydrogen-bond acceptors (Lipinski definition) is 0. The maximum absolute atomic E-state index is 2.31. The summed E-state index contributed by atoms with van der Waals surface area (Å²) in [4.78, 5) is 0. The molecule has 1 aliphatic rings. The van der Waals surface area contributed by atoms with E-state index in [1.165, 1.54) is 12.8 Å². The monoisotopic (exact) mass is 142 g/mol. The predicted molar refractivity (Wildman–Crippen MR) is 48.1 cm³/mol. The summed E-state index contributed by atoms with van der Waals surface area (Å²) in [5.41, 5.74) is 0. The van der Waals surface area contributed by atoms with Crippen LogP contribution in [0.1, 0.15) is 47.5 Å². The summed E-state index contributed by atoms with van der Waals surface area (Å²) >= 11 is 0. The van der Waals surface area contributed by atoms with Crippen LogP contribution in [0.25, 0.3) is 0 Å². The Hall–Kier alpha value is 0. The molecule has 0 aromatic rings. The van der Waals surface area contributed by atoms with E-state index in [-0.39, 0.29) is 0 Å². The van der Waals surface area contributed by atoms with Gasteiger partial charge in [-0.15, -0.1) is 0 Å². The highest BCUT2D eigenvalue weighted by atomic mass is 14.4. The first kappa shape index (κ1) is 10.0. The molecule has 0 heteroatoms. The van der Waals surface area contributed by atoms with E-state index in [0.717, 1.165) is 17.8 Å². The highest BCUT2D eigenvalue weighted by Crippen LogP contribution is 2.44. The van der Waals surface area contributed by atoms with Crippen LogP contribution >= 0.6 is 0 Å². The summed E-state index contributed by atoms with van der Waals surface area (Å²) in [6, 6.07) is 0. The van der Waals surface area contributed by atoms with Crippen molar-refractivity contribution in [1.29, 1.82) is 0 Å². The summed E-state index contributed by atoms with van der Waals surface area (Å²) in [6.07, 6.45) is 2.64. The Morgan fingerprint density at radius 3 is 0.900 bits per heavy atom. The Morgan fingerprint density at radius 1 is 0.700 bits per heavy atom. The van der Waals surface area contributed by atoms with E-state index in [1.54, 1.807) is 0 Å². The fraction of sp³-hybridized carbons (Fsp3) is 1.00. The molecule has 0 nitrogen and oxygen atoms in total. The second kappa shape index (κ2) is 4.76. The van der Waals surface area contributed by atoms with Crippen molar-refractivity contribution in [2.45, 2.75) is 47.5 Å². The maximum atomic E-state index is 2.31. The molecule has 1 aliphatic carbocycles. The minimum atomic E-state index is 1.02. The topological polar surface area (TPSA) is 0 Å². The van der Waals surface area contributed by atoms with E-state index < -0.39 is 0 Å². The van der Waals surface area contributed by atoms with Crippen LogP contribution in [-0.2, 0) is 0 Å². The quantitative estimate of drug-likeness (QED) is 0.523. The fourth-order valence-electron chi connectivity index (χ4n) is 0.911. The zero-order valence-electron chi connectivity index (χ0n) is 8.15. The highest BCUT2D eigenvalue weighted by Gasteiger charge is 2.37. The van der Waals surface area contributed by atoms with Crippen molar-refractivity contribution in [3.63, 3.8) is 0 Å². The lowest BCUT2D eigenvalue weighted by atomic mass is 10.4. The second-order valence-electron chi connectivity index (χ2n) is 3.58. The largest absolute Gasteiger partial charge is 0.0654 e. The average molecular weight is 142 g/mol. The number of hydrogen-bond donors (Lipinski definition) is 0. The van der Waals surface area contributed by atoms with Gasteiger partial charge in [-0.3, -0.25) is 0 Å². The van der Waals surface area contributed by atoms with E-state index >= 15 is 0 Å². The van der Waals surface area contributed by atoms with Crippen LogP contribution in [0.3, 0.4) is 0 Å². The van der Waals surface area contributed by atoms with E-state index in [2.05, 4.69) is 34.6 Å². The van der Waals surface area contributed by atoms with Crippen molar-refractivity contribution in [3.05, 3.63) is 0 Å². The van der Waals surface area contributed by atoms with Crippen LogP contribution in [0.4, 0.5) is 0 Å². The van der Waals surface area contributed by atoms with Crippen molar-refractivity contribution in [2.24, 2.45) is 17.8 Å². The van der Waals surface area contributed by atoms with Crippen molar-refractivity contribution in [1.82, 2.24) is 0 Å². The van der Waals surface area contributed by atoms with Gasteiger partial charge in [0, 0.05) is 0 Å². The normalized spacial score (nSPS) is 36.3. The van der Waals surface area contributed by atoms with E-state index in [9.17, 15) is 0 Å². The SMILES string of the molecule is CC1C(C)C1C.CCCC. The van der Waals surface area contributed by atoms with Crippen molar-refractivity contribution < 1.29 is 0 Å². The van der Waals surface area contributed by atoms with Crippen LogP contribution in [-0.4, -0.2) is 0 Å². The molecule has 0 atom stereocenters. The molecule has 1 saturated carbocycles. The summed E-state index contributed by atoms with van der Waals surface area (Å²) in [6.45, 7) is 11.3. The van der Waals surface area contributed by atoms with Gasteiger partial charge in [0.05, 0.1) is 0 Å². The lowest BCUT2D eigenvalue weighted by Crippen LogP contribution is -1.58. The number of unbranched alkanes of at least 4 members (excludes halogenated alkanes) is 1. The summed E-state index contributed by atoms with van der Waals surface area (Å²) in [5.74, 6) is 3.06. The molecule has 10 heavy (non-hydrogen) atoms. The molecule has 0 aromatic carbocycles. The standard InChI is InChI=1S/C6H12.C4H10/c1-4-5(2)6(4)3;1-3-4-2/h4-6H,1-3H3;3-4H2,1-2H3. The van der Waals surface area contributed by atoms with E-state index in [4.69, 9.17) is 0 Å². The van der Waals surface area contributed by atoms with Gasteiger partial charge < -0.3 is 0 Å². The lowest BCUT2D eigenvalue weighted by Gasteiger charge is -1.68. The first-order valence-corrected chi connectivity index (χ1v) is 4.65. The minimum absolute atomic E-state index is 1.02. The lowest BCUT2D eigenvalue weighted by molar-refractivity contribution is 0.834. The van der Waals surface area contributed by atoms with Gasteiger partial charge in [0.2, 0.25) is 0 Å². The van der Waals surface area contributed by atoms with Gasteiger partial charge in [0.25, 0.3) is 0 Å². The molecule has 1 rings (SSSR count). The third-order valence-corrected chi connectivity index (χ3v) is 2.85. The van der Waals surface area contributed by atoms with Gasteiger partial charge in [-0.1, -0.05) is 47.5 Å². The van der Waals surface area contributed by atoms with Crippen molar-refractivity contribution in [3.8, 4) is 0 Å². The molecule has 62 valence electrons. The molecule has 0 spiro atoms. The summed E-state index contributed by atoms with van der Waals surface area (Å²) in [7, 11) is 0. The first-order chi connectivity index (χ1) is 4.65. The molecular weight excluding hydrogens is 120 g/mol. The average Bonchev–Trinajstić information content (AvgIpc) is 2.46. The molecule has 0 N–H and O–H groups in total. The Balaban J connectivity index is 0.000000180. The molecule has 1 fully saturated rings. The van der Waals surface area contributed by atoms with Crippen LogP contribution in [0, 0.1) is 17.8 Å². The Morgan fingerprint density at radius 2 is 0.900 bits per heavy atom. The van der Waals surface area contributed by atoms with E-state index in [0.29, 0.717) is 0 Å². The second-order valence-corrected chi connectivity index (χ2v) is 3.58. The van der Waals surface area contributed by atoms with Crippen molar-refractivity contribution in [2.75, 3.05) is 0 Å². The van der Waals surface area contributed by atoms with Gasteiger partial charge in [0.1, 0.15) is 0 Å². The summed E-state index contributed by atoms with van der Waals surface area (Å²) < 4.78 is 0.